The molecule has 6 heteroatoms. The fourth-order valence-corrected chi connectivity index (χ4v) is 2.80. The lowest BCUT2D eigenvalue weighted by Gasteiger charge is -2.21. The molecule has 6 nitrogen and oxygen atoms in total. The topological polar surface area (TPSA) is 66.7 Å². The summed E-state index contributed by atoms with van der Waals surface area (Å²) in [6.45, 7) is 4.14. The molecular formula is C16H19N3O3. The van der Waals surface area contributed by atoms with Crippen LogP contribution in [0.5, 0.6) is 0 Å². The highest BCUT2D eigenvalue weighted by molar-refractivity contribution is 5.86. The molecule has 0 radical (unpaired) electrons. The summed E-state index contributed by atoms with van der Waals surface area (Å²) in [6, 6.07) is 7.54. The van der Waals surface area contributed by atoms with Crippen LogP contribution in [-0.4, -0.2) is 52.9 Å². The third-order valence-electron chi connectivity index (χ3n) is 4.06. The minimum Gasteiger partial charge on any atom is -0.356 e. The number of rotatable bonds is 2. The molecule has 1 aliphatic rings. The molecule has 116 valence electrons. The first-order valence-corrected chi connectivity index (χ1v) is 7.52. The Hall–Kier alpha value is -2.37. The van der Waals surface area contributed by atoms with Gasteiger partial charge in [0.05, 0.1) is 6.42 Å². The lowest BCUT2D eigenvalue weighted by Crippen LogP contribution is -2.37. The quantitative estimate of drug-likeness (QED) is 0.842. The summed E-state index contributed by atoms with van der Waals surface area (Å²) < 4.78 is 5.24. The molecule has 1 saturated heterocycles. The summed E-state index contributed by atoms with van der Waals surface area (Å²) in [5, 5.41) is 4.89. The Morgan fingerprint density at radius 1 is 1.14 bits per heavy atom. The molecule has 0 saturated carbocycles. The largest absolute Gasteiger partial charge is 0.356 e. The van der Waals surface area contributed by atoms with Crippen LogP contribution in [0.25, 0.3) is 11.0 Å². The summed E-state index contributed by atoms with van der Waals surface area (Å²) in [7, 11) is 0. The van der Waals surface area contributed by atoms with Gasteiger partial charge in [0, 0.05) is 38.5 Å². The molecule has 1 aromatic carbocycles. The van der Waals surface area contributed by atoms with Gasteiger partial charge in [-0.15, -0.1) is 0 Å². The third kappa shape index (κ3) is 2.95. The molecule has 2 amide bonds. The average molecular weight is 301 g/mol. The zero-order chi connectivity index (χ0) is 15.5. The van der Waals surface area contributed by atoms with Gasteiger partial charge in [-0.05, 0) is 18.6 Å². The minimum absolute atomic E-state index is 0.0319. The molecule has 0 unspecified atom stereocenters. The van der Waals surface area contributed by atoms with Crippen LogP contribution in [0.3, 0.4) is 0 Å². The molecule has 2 aromatic rings. The highest BCUT2D eigenvalue weighted by atomic mass is 16.5. The standard InChI is InChI=1S/C16H19N3O3/c1-12(20)18-7-4-8-19(10-9-18)16(21)11-14-13-5-2-3-6-15(13)22-17-14/h2-3,5-6H,4,7-11H2,1H3. The Morgan fingerprint density at radius 2 is 1.86 bits per heavy atom. The van der Waals surface area contributed by atoms with Gasteiger partial charge in [-0.3, -0.25) is 9.59 Å². The maximum absolute atomic E-state index is 12.5. The predicted molar refractivity (Wildman–Crippen MR) is 81.2 cm³/mol. The van der Waals surface area contributed by atoms with Crippen LogP contribution >= 0.6 is 0 Å². The van der Waals surface area contributed by atoms with E-state index in [1.54, 1.807) is 11.8 Å². The van der Waals surface area contributed by atoms with Crippen molar-refractivity contribution in [3.8, 4) is 0 Å². The molecule has 0 bridgehead atoms. The third-order valence-corrected chi connectivity index (χ3v) is 4.06. The first kappa shape index (κ1) is 14.6. The predicted octanol–water partition coefficient (Wildman–Crippen LogP) is 1.45. The summed E-state index contributed by atoms with van der Waals surface area (Å²) in [4.78, 5) is 27.5. The lowest BCUT2D eigenvalue weighted by atomic mass is 10.1. The highest BCUT2D eigenvalue weighted by Gasteiger charge is 2.22. The molecule has 0 spiro atoms. The molecule has 3 rings (SSSR count). The fraction of sp³-hybridized carbons (Fsp3) is 0.438. The normalized spacial score (nSPS) is 15.9. The van der Waals surface area contributed by atoms with E-state index >= 15 is 0 Å². The second kappa shape index (κ2) is 6.17. The summed E-state index contributed by atoms with van der Waals surface area (Å²) in [5.41, 5.74) is 1.37. The number of nitrogens with zero attached hydrogens (tertiary/aromatic N) is 3. The van der Waals surface area contributed by atoms with E-state index in [2.05, 4.69) is 5.16 Å². The summed E-state index contributed by atoms with van der Waals surface area (Å²) >= 11 is 0. The summed E-state index contributed by atoms with van der Waals surface area (Å²) in [5.74, 6) is 0.0984. The Morgan fingerprint density at radius 3 is 2.68 bits per heavy atom. The Labute approximate surface area is 128 Å². The zero-order valence-corrected chi connectivity index (χ0v) is 12.6. The van der Waals surface area contributed by atoms with Gasteiger partial charge in [0.1, 0.15) is 5.69 Å². The molecule has 2 heterocycles. The molecule has 1 fully saturated rings. The van der Waals surface area contributed by atoms with Gasteiger partial charge >= 0.3 is 0 Å². The van der Waals surface area contributed by atoms with Gasteiger partial charge in [-0.25, -0.2) is 0 Å². The number of fused-ring (bicyclic) bond motifs is 1. The molecule has 0 aliphatic carbocycles. The van der Waals surface area contributed by atoms with E-state index in [9.17, 15) is 9.59 Å². The molecule has 0 N–H and O–H groups in total. The number of aromatic nitrogens is 1. The number of hydrogen-bond donors (Lipinski definition) is 0. The van der Waals surface area contributed by atoms with Crippen LogP contribution in [0.4, 0.5) is 0 Å². The number of hydrogen-bond acceptors (Lipinski definition) is 4. The number of carbonyl (C=O) groups excluding carboxylic acids is 2. The van der Waals surface area contributed by atoms with Crippen LogP contribution in [0.1, 0.15) is 19.0 Å². The van der Waals surface area contributed by atoms with Gasteiger partial charge in [0.2, 0.25) is 11.8 Å². The second-order valence-electron chi connectivity index (χ2n) is 5.54. The van der Waals surface area contributed by atoms with Crippen LogP contribution in [0.2, 0.25) is 0 Å². The van der Waals surface area contributed by atoms with E-state index < -0.39 is 0 Å². The number of carbonyl (C=O) groups is 2. The number of amides is 2. The Kier molecular flexibility index (Phi) is 4.09. The monoisotopic (exact) mass is 301 g/mol. The molecular weight excluding hydrogens is 282 g/mol. The van der Waals surface area contributed by atoms with Gasteiger partial charge in [0.15, 0.2) is 5.58 Å². The maximum Gasteiger partial charge on any atom is 0.228 e. The molecule has 0 atom stereocenters. The Bertz CT molecular complexity index is 695. The maximum atomic E-state index is 12.5. The zero-order valence-electron chi connectivity index (χ0n) is 12.6. The average Bonchev–Trinajstić information content (AvgIpc) is 2.75. The van der Waals surface area contributed by atoms with E-state index in [-0.39, 0.29) is 18.2 Å². The van der Waals surface area contributed by atoms with Crippen molar-refractivity contribution in [2.24, 2.45) is 0 Å². The van der Waals surface area contributed by atoms with Gasteiger partial charge in [-0.1, -0.05) is 17.3 Å². The second-order valence-corrected chi connectivity index (χ2v) is 5.54. The van der Waals surface area contributed by atoms with Crippen LogP contribution < -0.4 is 0 Å². The van der Waals surface area contributed by atoms with Crippen molar-refractivity contribution in [1.82, 2.24) is 15.0 Å². The van der Waals surface area contributed by atoms with Crippen molar-refractivity contribution in [3.05, 3.63) is 30.0 Å². The van der Waals surface area contributed by atoms with E-state index in [1.165, 1.54) is 0 Å². The van der Waals surface area contributed by atoms with Gasteiger partial charge in [-0.2, -0.15) is 0 Å². The first-order valence-electron chi connectivity index (χ1n) is 7.52. The SMILES string of the molecule is CC(=O)N1CCCN(C(=O)Cc2noc3ccccc23)CC1. The minimum atomic E-state index is 0.0319. The molecule has 22 heavy (non-hydrogen) atoms. The van der Waals surface area contributed by atoms with Crippen molar-refractivity contribution in [1.29, 1.82) is 0 Å². The Balaban J connectivity index is 1.68. The number of para-hydroxylation sites is 1. The van der Waals surface area contributed by atoms with Crippen LogP contribution in [-0.2, 0) is 16.0 Å². The van der Waals surface area contributed by atoms with Crippen LogP contribution in [0, 0.1) is 0 Å². The van der Waals surface area contributed by atoms with E-state index in [0.29, 0.717) is 37.5 Å². The van der Waals surface area contributed by atoms with Crippen molar-refractivity contribution in [2.75, 3.05) is 26.2 Å². The molecule has 1 aliphatic heterocycles. The summed E-state index contributed by atoms with van der Waals surface area (Å²) in [6.07, 6.45) is 1.04. The van der Waals surface area contributed by atoms with Gasteiger partial charge in [0.25, 0.3) is 0 Å². The van der Waals surface area contributed by atoms with Crippen molar-refractivity contribution >= 4 is 22.8 Å². The van der Waals surface area contributed by atoms with E-state index in [0.717, 1.165) is 11.8 Å². The van der Waals surface area contributed by atoms with Crippen molar-refractivity contribution < 1.29 is 14.1 Å². The van der Waals surface area contributed by atoms with Crippen LogP contribution in [0.15, 0.2) is 28.8 Å². The number of benzene rings is 1. The van der Waals surface area contributed by atoms with E-state index in [1.807, 2.05) is 29.2 Å². The smallest absolute Gasteiger partial charge is 0.228 e. The van der Waals surface area contributed by atoms with Crippen molar-refractivity contribution in [2.45, 2.75) is 19.8 Å². The lowest BCUT2D eigenvalue weighted by molar-refractivity contribution is -0.132. The van der Waals surface area contributed by atoms with Crippen molar-refractivity contribution in [3.63, 3.8) is 0 Å². The first-order chi connectivity index (χ1) is 10.6. The molecule has 1 aromatic heterocycles. The van der Waals surface area contributed by atoms with E-state index in [4.69, 9.17) is 4.52 Å². The fourth-order valence-electron chi connectivity index (χ4n) is 2.80. The van der Waals surface area contributed by atoms with Gasteiger partial charge < -0.3 is 14.3 Å². The highest BCUT2D eigenvalue weighted by Crippen LogP contribution is 2.19.